The van der Waals surface area contributed by atoms with E-state index in [1.54, 1.807) is 11.1 Å². The number of benzene rings is 1. The molecule has 1 unspecified atom stereocenters. The molecule has 1 aromatic carbocycles. The first-order valence-electron chi connectivity index (χ1n) is 14.1. The maximum absolute atomic E-state index is 11.6. The fourth-order valence-corrected chi connectivity index (χ4v) is 6.21. The minimum atomic E-state index is -0.0313. The summed E-state index contributed by atoms with van der Waals surface area (Å²) in [6.07, 6.45) is 19.2. The highest BCUT2D eigenvalue weighted by atomic mass is 16.3. The van der Waals surface area contributed by atoms with Gasteiger partial charge >= 0.3 is 0 Å². The highest BCUT2D eigenvalue weighted by molar-refractivity contribution is 5.58. The van der Waals surface area contributed by atoms with Crippen molar-refractivity contribution < 1.29 is 5.11 Å². The van der Waals surface area contributed by atoms with Crippen molar-refractivity contribution in [1.29, 1.82) is 0 Å². The van der Waals surface area contributed by atoms with Crippen LogP contribution in [-0.4, -0.2) is 5.11 Å². The van der Waals surface area contributed by atoms with Gasteiger partial charge in [0.05, 0.1) is 0 Å². The van der Waals surface area contributed by atoms with Crippen molar-refractivity contribution >= 4 is 0 Å². The van der Waals surface area contributed by atoms with Crippen LogP contribution < -0.4 is 0 Å². The van der Waals surface area contributed by atoms with Gasteiger partial charge in [-0.25, -0.2) is 0 Å². The Morgan fingerprint density at radius 1 is 0.781 bits per heavy atom. The second-order valence-electron chi connectivity index (χ2n) is 11.8. The summed E-state index contributed by atoms with van der Waals surface area (Å²) in [7, 11) is 0. The van der Waals surface area contributed by atoms with Gasteiger partial charge in [-0.05, 0) is 72.0 Å². The monoisotopic (exact) mass is 442 g/mol. The molecule has 1 aliphatic rings. The molecule has 2 rings (SSSR count). The van der Waals surface area contributed by atoms with Crippen LogP contribution in [0.15, 0.2) is 6.07 Å². The third-order valence-electron chi connectivity index (χ3n) is 8.16. The topological polar surface area (TPSA) is 20.2 Å². The van der Waals surface area contributed by atoms with Crippen LogP contribution in [0.4, 0.5) is 0 Å². The molecule has 0 amide bonds. The summed E-state index contributed by atoms with van der Waals surface area (Å²) in [5.41, 5.74) is 6.01. The molecule has 0 saturated heterocycles. The average molecular weight is 443 g/mol. The van der Waals surface area contributed by atoms with Crippen molar-refractivity contribution in [2.45, 2.75) is 162 Å². The minimum absolute atomic E-state index is 0.0313. The van der Waals surface area contributed by atoms with Gasteiger partial charge in [-0.1, -0.05) is 112 Å². The van der Waals surface area contributed by atoms with Crippen molar-refractivity contribution in [2.75, 3.05) is 0 Å². The van der Waals surface area contributed by atoms with Crippen LogP contribution in [0.25, 0.3) is 0 Å². The van der Waals surface area contributed by atoms with E-state index in [0.717, 1.165) is 0 Å². The van der Waals surface area contributed by atoms with Crippen LogP contribution in [0.1, 0.15) is 167 Å². The van der Waals surface area contributed by atoms with Crippen LogP contribution in [0.5, 0.6) is 5.75 Å². The first-order valence-corrected chi connectivity index (χ1v) is 14.1. The van der Waals surface area contributed by atoms with Crippen LogP contribution in [-0.2, 0) is 17.3 Å². The van der Waals surface area contributed by atoms with E-state index in [4.69, 9.17) is 0 Å². The van der Waals surface area contributed by atoms with Gasteiger partial charge in [-0.3, -0.25) is 0 Å². The van der Waals surface area contributed by atoms with Crippen molar-refractivity contribution in [3.63, 3.8) is 0 Å². The molecule has 0 radical (unpaired) electrons. The lowest BCUT2D eigenvalue weighted by Crippen LogP contribution is -2.29. The molecule has 0 fully saturated rings. The Balaban J connectivity index is 2.71. The summed E-state index contributed by atoms with van der Waals surface area (Å²) in [6, 6.07) is 2.49. The van der Waals surface area contributed by atoms with Gasteiger partial charge < -0.3 is 5.11 Å². The lowest BCUT2D eigenvalue weighted by molar-refractivity contribution is 0.304. The van der Waals surface area contributed by atoms with Gasteiger partial charge in [0.15, 0.2) is 0 Å². The molecular formula is C31H54O. The molecule has 32 heavy (non-hydrogen) atoms. The van der Waals surface area contributed by atoms with Gasteiger partial charge in [-0.2, -0.15) is 0 Å². The fourth-order valence-electron chi connectivity index (χ4n) is 6.21. The normalized spacial score (nSPS) is 16.5. The van der Waals surface area contributed by atoms with E-state index in [1.807, 2.05) is 0 Å². The molecule has 184 valence electrons. The summed E-state index contributed by atoms with van der Waals surface area (Å²) in [5.74, 6) is 1.19. The number of hydrogen-bond acceptors (Lipinski definition) is 1. The zero-order chi connectivity index (χ0) is 23.8. The molecule has 1 aliphatic carbocycles. The van der Waals surface area contributed by atoms with Crippen molar-refractivity contribution in [3.8, 4) is 5.75 Å². The van der Waals surface area contributed by atoms with Gasteiger partial charge in [-0.15, -0.1) is 0 Å². The van der Waals surface area contributed by atoms with Gasteiger partial charge in [0.2, 0.25) is 0 Å². The fraction of sp³-hybridized carbons (Fsp3) is 0.806. The molecule has 1 N–H and O–H groups in total. The van der Waals surface area contributed by atoms with E-state index in [2.05, 4.69) is 54.5 Å². The Hall–Kier alpha value is -0.980. The molecule has 1 atom stereocenters. The number of aromatic hydroxyl groups is 1. The number of unbranched alkanes of at least 4 members (excludes halogenated alkanes) is 5. The van der Waals surface area contributed by atoms with Gasteiger partial charge in [0.25, 0.3) is 0 Å². The van der Waals surface area contributed by atoms with Crippen LogP contribution in [0.3, 0.4) is 0 Å². The molecule has 0 bridgehead atoms. The molecular weight excluding hydrogens is 388 g/mol. The maximum Gasteiger partial charge on any atom is 0.123 e. The van der Waals surface area contributed by atoms with Gasteiger partial charge in [0.1, 0.15) is 5.75 Å². The molecule has 0 spiro atoms. The Labute approximate surface area is 200 Å². The molecule has 1 aromatic rings. The minimum Gasteiger partial charge on any atom is -0.507 e. The van der Waals surface area contributed by atoms with E-state index in [-0.39, 0.29) is 5.41 Å². The Bertz CT molecular complexity index is 685. The standard InChI is InChI=1S/C31H54O/c1-8-12-16-22-31(20-14-10-3,21-15-11-4)26-23-27(30(5,6)7)29(32)28-24(17-13-9-2)18-19-25(26)28/h23-24,32H,8-22H2,1-7H3. The Kier molecular flexibility index (Phi) is 10.6. The van der Waals surface area contributed by atoms with Crippen LogP contribution in [0, 0.1) is 0 Å². The van der Waals surface area contributed by atoms with E-state index >= 15 is 0 Å². The quantitative estimate of drug-likeness (QED) is 0.284. The van der Waals surface area contributed by atoms with E-state index in [9.17, 15) is 5.11 Å². The summed E-state index contributed by atoms with van der Waals surface area (Å²) >= 11 is 0. The Morgan fingerprint density at radius 2 is 1.34 bits per heavy atom. The Morgan fingerprint density at radius 3 is 1.88 bits per heavy atom. The third-order valence-corrected chi connectivity index (χ3v) is 8.16. The van der Waals surface area contributed by atoms with Gasteiger partial charge in [0, 0.05) is 5.56 Å². The molecule has 0 heterocycles. The van der Waals surface area contributed by atoms with Crippen molar-refractivity contribution in [1.82, 2.24) is 0 Å². The largest absolute Gasteiger partial charge is 0.507 e. The van der Waals surface area contributed by atoms with Crippen molar-refractivity contribution in [2.24, 2.45) is 0 Å². The van der Waals surface area contributed by atoms with Crippen molar-refractivity contribution in [3.05, 3.63) is 28.3 Å². The average Bonchev–Trinajstić information content (AvgIpc) is 3.18. The van der Waals surface area contributed by atoms with Crippen LogP contribution >= 0.6 is 0 Å². The summed E-state index contributed by atoms with van der Waals surface area (Å²) in [5, 5.41) is 11.6. The van der Waals surface area contributed by atoms with Crippen LogP contribution in [0.2, 0.25) is 0 Å². The number of fused-ring (bicyclic) bond motifs is 1. The zero-order valence-electron chi connectivity index (χ0n) is 22.7. The second-order valence-corrected chi connectivity index (χ2v) is 11.8. The molecule has 1 nitrogen and oxygen atoms in total. The van der Waals surface area contributed by atoms with E-state index in [1.165, 1.54) is 107 Å². The number of phenols is 1. The first-order chi connectivity index (χ1) is 15.3. The number of rotatable bonds is 14. The molecule has 0 aliphatic heterocycles. The predicted octanol–water partition coefficient (Wildman–Crippen LogP) is 10.1. The lowest BCUT2D eigenvalue weighted by Gasteiger charge is -2.39. The lowest BCUT2D eigenvalue weighted by atomic mass is 9.66. The summed E-state index contributed by atoms with van der Waals surface area (Å²) in [4.78, 5) is 0. The van der Waals surface area contributed by atoms with E-state index < -0.39 is 0 Å². The third kappa shape index (κ3) is 6.32. The molecule has 0 aromatic heterocycles. The zero-order valence-corrected chi connectivity index (χ0v) is 22.7. The molecule has 1 heteroatoms. The molecule has 0 saturated carbocycles. The second kappa shape index (κ2) is 12.5. The predicted molar refractivity (Wildman–Crippen MR) is 142 cm³/mol. The summed E-state index contributed by atoms with van der Waals surface area (Å²) in [6.45, 7) is 16.2. The smallest absolute Gasteiger partial charge is 0.123 e. The SMILES string of the molecule is CCCCCC(CCCC)(CCCC)c1cc(C(C)(C)C)c(O)c2c1CCC2CCCC. The number of phenolic OH excluding ortho intramolecular Hbond substituents is 1. The highest BCUT2D eigenvalue weighted by Crippen LogP contribution is 2.52. The summed E-state index contributed by atoms with van der Waals surface area (Å²) < 4.78 is 0. The van der Waals surface area contributed by atoms with E-state index in [0.29, 0.717) is 17.1 Å². The maximum atomic E-state index is 11.6. The first kappa shape index (κ1) is 27.3. The number of hydrogen-bond donors (Lipinski definition) is 1. The highest BCUT2D eigenvalue weighted by Gasteiger charge is 2.39.